The molecule has 0 bridgehead atoms. The van der Waals surface area contributed by atoms with Crippen LogP contribution < -0.4 is 10.6 Å². The van der Waals surface area contributed by atoms with Gasteiger partial charge in [0.15, 0.2) is 0 Å². The van der Waals surface area contributed by atoms with Gasteiger partial charge in [0.2, 0.25) is 11.8 Å². The zero-order valence-electron chi connectivity index (χ0n) is 13.7. The van der Waals surface area contributed by atoms with Crippen molar-refractivity contribution in [3.63, 3.8) is 0 Å². The molecule has 0 aliphatic heterocycles. The lowest BCUT2D eigenvalue weighted by molar-refractivity contribution is -0.137. The van der Waals surface area contributed by atoms with E-state index in [-0.39, 0.29) is 37.6 Å². The number of hydrogen-bond acceptors (Lipinski definition) is 4. The van der Waals surface area contributed by atoms with E-state index in [1.165, 1.54) is 23.1 Å². The number of nitrogens with one attached hydrogen (secondary N) is 2. The van der Waals surface area contributed by atoms with Crippen LogP contribution in [0.5, 0.6) is 0 Å². The van der Waals surface area contributed by atoms with E-state index < -0.39 is 17.6 Å². The highest BCUT2D eigenvalue weighted by molar-refractivity contribution is 5.93. The number of carbonyl (C=O) groups is 2. The van der Waals surface area contributed by atoms with Crippen LogP contribution in [0.1, 0.15) is 18.9 Å². The smallest absolute Gasteiger partial charge is 0.354 e. The van der Waals surface area contributed by atoms with E-state index in [0.717, 1.165) is 6.07 Å². The van der Waals surface area contributed by atoms with Gasteiger partial charge in [-0.2, -0.15) is 18.4 Å². The van der Waals surface area contributed by atoms with Crippen LogP contribution in [0.4, 0.5) is 18.9 Å². The summed E-state index contributed by atoms with van der Waals surface area (Å²) in [4.78, 5) is 25.2. The van der Waals surface area contributed by atoms with Crippen molar-refractivity contribution < 1.29 is 22.8 Å². The normalized spacial score (nSPS) is 11.0. The Balaban J connectivity index is 2.63. The van der Waals surface area contributed by atoms with Gasteiger partial charge in [-0.15, -0.1) is 0 Å². The summed E-state index contributed by atoms with van der Waals surface area (Å²) in [7, 11) is 0. The van der Waals surface area contributed by atoms with Crippen molar-refractivity contribution >= 4 is 17.5 Å². The topological polar surface area (TPSA) is 85.2 Å². The Labute approximate surface area is 143 Å². The monoisotopic (exact) mass is 356 g/mol. The van der Waals surface area contributed by atoms with Gasteiger partial charge >= 0.3 is 6.18 Å². The molecule has 0 aliphatic rings. The number of alkyl halides is 3. The molecule has 1 aromatic rings. The van der Waals surface area contributed by atoms with Crippen LogP contribution in [0.3, 0.4) is 0 Å². The maximum Gasteiger partial charge on any atom is 0.418 e. The summed E-state index contributed by atoms with van der Waals surface area (Å²) >= 11 is 0. The van der Waals surface area contributed by atoms with E-state index in [4.69, 9.17) is 5.26 Å². The molecule has 9 heteroatoms. The van der Waals surface area contributed by atoms with Crippen LogP contribution in [0.2, 0.25) is 0 Å². The molecule has 0 aromatic heterocycles. The van der Waals surface area contributed by atoms with Crippen LogP contribution >= 0.6 is 0 Å². The van der Waals surface area contributed by atoms with Crippen LogP contribution in [-0.2, 0) is 15.8 Å². The van der Waals surface area contributed by atoms with Gasteiger partial charge in [0.25, 0.3) is 0 Å². The number of amides is 2. The third-order valence-corrected chi connectivity index (χ3v) is 3.25. The lowest BCUT2D eigenvalue weighted by atomic mass is 10.1. The molecule has 0 saturated heterocycles. The summed E-state index contributed by atoms with van der Waals surface area (Å²) in [5.41, 5.74) is -1.25. The Morgan fingerprint density at radius 1 is 1.20 bits per heavy atom. The first-order valence-corrected chi connectivity index (χ1v) is 7.60. The maximum atomic E-state index is 12.9. The van der Waals surface area contributed by atoms with E-state index in [0.29, 0.717) is 6.54 Å². The number of halogens is 3. The first-order chi connectivity index (χ1) is 11.8. The Morgan fingerprint density at radius 3 is 2.44 bits per heavy atom. The molecule has 0 fully saturated rings. The van der Waals surface area contributed by atoms with Crippen LogP contribution in [0.15, 0.2) is 24.3 Å². The Bertz CT molecular complexity index is 641. The minimum Gasteiger partial charge on any atom is -0.354 e. The molecule has 0 aliphatic carbocycles. The largest absolute Gasteiger partial charge is 0.418 e. The maximum absolute atomic E-state index is 12.9. The molecule has 0 atom stereocenters. The van der Waals surface area contributed by atoms with E-state index in [1.807, 2.05) is 6.07 Å². The molecule has 0 unspecified atom stereocenters. The lowest BCUT2D eigenvalue weighted by Gasteiger charge is -2.20. The summed E-state index contributed by atoms with van der Waals surface area (Å²) in [6.45, 7) is 1.97. The van der Waals surface area contributed by atoms with Gasteiger partial charge in [-0.05, 0) is 18.7 Å². The van der Waals surface area contributed by atoms with Crippen molar-refractivity contribution in [3.8, 4) is 6.07 Å². The number of carbonyl (C=O) groups excluding carboxylic acids is 2. The number of rotatable bonds is 8. The zero-order chi connectivity index (χ0) is 18.9. The fourth-order valence-corrected chi connectivity index (χ4v) is 2.03. The Kier molecular flexibility index (Phi) is 7.88. The molecule has 2 amide bonds. The van der Waals surface area contributed by atoms with Gasteiger partial charge in [-0.3, -0.25) is 14.5 Å². The number of nitrogens with zero attached hydrogens (tertiary/aromatic N) is 2. The van der Waals surface area contributed by atoms with Crippen LogP contribution in [0.25, 0.3) is 0 Å². The number of benzene rings is 1. The Morgan fingerprint density at radius 2 is 1.84 bits per heavy atom. The molecule has 2 N–H and O–H groups in total. The highest BCUT2D eigenvalue weighted by Gasteiger charge is 2.33. The van der Waals surface area contributed by atoms with Gasteiger partial charge in [0.1, 0.15) is 0 Å². The second-order valence-corrected chi connectivity index (χ2v) is 5.15. The average molecular weight is 356 g/mol. The molecule has 0 saturated carbocycles. The van der Waals surface area contributed by atoms with Crippen LogP contribution in [-0.4, -0.2) is 42.9 Å². The highest BCUT2D eigenvalue weighted by Crippen LogP contribution is 2.34. The quantitative estimate of drug-likeness (QED) is 0.698. The van der Waals surface area contributed by atoms with Gasteiger partial charge in [0, 0.05) is 6.54 Å². The standard InChI is InChI=1S/C16H19F3N4O2/c1-2-23(10-14(24)21-9-5-8-20)11-15(25)22-13-7-4-3-6-12(13)16(17,18)19/h3-4,6-7H,2,5,9-11H2,1H3,(H,21,24)(H,22,25). The fraction of sp³-hybridized carbons (Fsp3) is 0.438. The zero-order valence-corrected chi connectivity index (χ0v) is 13.7. The van der Waals surface area contributed by atoms with Crippen molar-refractivity contribution in [2.24, 2.45) is 0 Å². The minimum absolute atomic E-state index is 0.0870. The third-order valence-electron chi connectivity index (χ3n) is 3.25. The lowest BCUT2D eigenvalue weighted by Crippen LogP contribution is -2.41. The molecule has 25 heavy (non-hydrogen) atoms. The van der Waals surface area contributed by atoms with E-state index in [9.17, 15) is 22.8 Å². The van der Waals surface area contributed by atoms with Crippen molar-refractivity contribution in [1.82, 2.24) is 10.2 Å². The van der Waals surface area contributed by atoms with Crippen molar-refractivity contribution in [1.29, 1.82) is 5.26 Å². The summed E-state index contributed by atoms with van der Waals surface area (Å²) in [6.07, 6.45) is -4.40. The SMILES string of the molecule is CCN(CC(=O)NCCC#N)CC(=O)Nc1ccccc1C(F)(F)F. The summed E-state index contributed by atoms with van der Waals surface area (Å²) in [5, 5.41) is 13.2. The molecule has 1 rings (SSSR count). The third kappa shape index (κ3) is 7.22. The predicted octanol–water partition coefficient (Wildman–Crippen LogP) is 2.00. The number of likely N-dealkylation sites (N-methyl/N-ethyl adjacent to an activating group) is 1. The second-order valence-electron chi connectivity index (χ2n) is 5.15. The first-order valence-electron chi connectivity index (χ1n) is 7.60. The van der Waals surface area contributed by atoms with Gasteiger partial charge < -0.3 is 10.6 Å². The molecule has 0 heterocycles. The summed E-state index contributed by atoms with van der Waals surface area (Å²) in [5.74, 6) is -1.01. The number of para-hydroxylation sites is 1. The summed E-state index contributed by atoms with van der Waals surface area (Å²) < 4.78 is 38.7. The molecule has 0 radical (unpaired) electrons. The molecule has 1 aromatic carbocycles. The summed E-state index contributed by atoms with van der Waals surface area (Å²) in [6, 6.07) is 6.57. The number of nitriles is 1. The number of hydrogen-bond donors (Lipinski definition) is 2. The average Bonchev–Trinajstić information content (AvgIpc) is 2.54. The van der Waals surface area contributed by atoms with E-state index >= 15 is 0 Å². The molecular weight excluding hydrogens is 337 g/mol. The van der Waals surface area contributed by atoms with Gasteiger partial charge in [-0.25, -0.2) is 0 Å². The Hall–Kier alpha value is -2.60. The van der Waals surface area contributed by atoms with Crippen LogP contribution in [0, 0.1) is 11.3 Å². The molecular formula is C16H19F3N4O2. The van der Waals surface area contributed by atoms with Crippen molar-refractivity contribution in [3.05, 3.63) is 29.8 Å². The van der Waals surface area contributed by atoms with Crippen molar-refractivity contribution in [2.45, 2.75) is 19.5 Å². The second kappa shape index (κ2) is 9.64. The minimum atomic E-state index is -4.57. The van der Waals surface area contributed by atoms with Gasteiger partial charge in [-0.1, -0.05) is 19.1 Å². The molecule has 0 spiro atoms. The van der Waals surface area contributed by atoms with E-state index in [1.54, 1.807) is 6.92 Å². The fourth-order valence-electron chi connectivity index (χ4n) is 2.03. The molecule has 136 valence electrons. The first kappa shape index (κ1) is 20.4. The van der Waals surface area contributed by atoms with Gasteiger partial charge in [0.05, 0.1) is 36.8 Å². The highest BCUT2D eigenvalue weighted by atomic mass is 19.4. The predicted molar refractivity (Wildman–Crippen MR) is 85.4 cm³/mol. The molecule has 6 nitrogen and oxygen atoms in total. The van der Waals surface area contributed by atoms with E-state index in [2.05, 4.69) is 10.6 Å². The van der Waals surface area contributed by atoms with Crippen molar-refractivity contribution in [2.75, 3.05) is 31.5 Å². The number of anilines is 1.